The van der Waals surface area contributed by atoms with Crippen molar-refractivity contribution in [1.29, 1.82) is 0 Å². The molecule has 0 N–H and O–H groups in total. The van der Waals surface area contributed by atoms with Gasteiger partial charge in [0, 0.05) is 26.7 Å². The van der Waals surface area contributed by atoms with Gasteiger partial charge in [-0.25, -0.2) is 9.67 Å². The van der Waals surface area contributed by atoms with Crippen LogP contribution in [-0.2, 0) is 6.42 Å². The Bertz CT molecular complexity index is 879. The van der Waals surface area contributed by atoms with Crippen LogP contribution < -0.4 is 0 Å². The molecule has 25 heavy (non-hydrogen) atoms. The SMILES string of the molecule is CCCc1noc(-c2ccc(-n3ncc(C(=O)N(C)C)c3C)nc2)n1. The maximum atomic E-state index is 12.1. The van der Waals surface area contributed by atoms with Crippen LogP contribution in [-0.4, -0.2) is 49.8 Å². The number of aromatic nitrogens is 5. The number of hydrogen-bond acceptors (Lipinski definition) is 6. The third-order valence-electron chi connectivity index (χ3n) is 3.80. The van der Waals surface area contributed by atoms with Crippen molar-refractivity contribution in [3.8, 4) is 17.3 Å². The second-order valence-electron chi connectivity index (χ2n) is 5.93. The molecule has 8 heteroatoms. The maximum absolute atomic E-state index is 12.1. The zero-order valence-electron chi connectivity index (χ0n) is 14.7. The molecule has 3 aromatic heterocycles. The van der Waals surface area contributed by atoms with Gasteiger partial charge in [0.25, 0.3) is 11.8 Å². The largest absolute Gasteiger partial charge is 0.345 e. The summed E-state index contributed by atoms with van der Waals surface area (Å²) < 4.78 is 6.90. The zero-order chi connectivity index (χ0) is 18.0. The lowest BCUT2D eigenvalue weighted by molar-refractivity contribution is 0.0827. The van der Waals surface area contributed by atoms with Crippen LogP contribution in [0, 0.1) is 6.92 Å². The molecule has 0 aliphatic carbocycles. The second kappa shape index (κ2) is 6.84. The molecule has 3 heterocycles. The lowest BCUT2D eigenvalue weighted by Crippen LogP contribution is -2.22. The first-order valence-corrected chi connectivity index (χ1v) is 8.07. The number of aryl methyl sites for hydroxylation is 1. The van der Waals surface area contributed by atoms with Gasteiger partial charge in [-0.2, -0.15) is 10.1 Å². The highest BCUT2D eigenvalue weighted by atomic mass is 16.5. The number of nitrogens with zero attached hydrogens (tertiary/aromatic N) is 6. The molecular weight excluding hydrogens is 320 g/mol. The Hall–Kier alpha value is -3.03. The first kappa shape index (κ1) is 16.8. The minimum Gasteiger partial charge on any atom is -0.345 e. The molecule has 0 spiro atoms. The Labute approximate surface area is 145 Å². The number of carbonyl (C=O) groups is 1. The maximum Gasteiger partial charge on any atom is 0.259 e. The van der Waals surface area contributed by atoms with Crippen LogP contribution in [0.1, 0.15) is 35.2 Å². The monoisotopic (exact) mass is 340 g/mol. The van der Waals surface area contributed by atoms with Crippen LogP contribution in [0.25, 0.3) is 17.3 Å². The average Bonchev–Trinajstić information content (AvgIpc) is 3.21. The van der Waals surface area contributed by atoms with Crippen molar-refractivity contribution >= 4 is 5.91 Å². The quantitative estimate of drug-likeness (QED) is 0.708. The Morgan fingerprint density at radius 2 is 2.08 bits per heavy atom. The van der Waals surface area contributed by atoms with E-state index in [0.29, 0.717) is 23.1 Å². The average molecular weight is 340 g/mol. The summed E-state index contributed by atoms with van der Waals surface area (Å²) in [7, 11) is 3.42. The summed E-state index contributed by atoms with van der Waals surface area (Å²) in [4.78, 5) is 22.4. The van der Waals surface area contributed by atoms with Gasteiger partial charge >= 0.3 is 0 Å². The molecule has 130 valence electrons. The fourth-order valence-corrected chi connectivity index (χ4v) is 2.43. The molecule has 0 fully saturated rings. The number of hydrogen-bond donors (Lipinski definition) is 0. The number of amides is 1. The van der Waals surface area contributed by atoms with E-state index in [-0.39, 0.29) is 5.91 Å². The van der Waals surface area contributed by atoms with Crippen LogP contribution >= 0.6 is 0 Å². The molecule has 0 aromatic carbocycles. The summed E-state index contributed by atoms with van der Waals surface area (Å²) >= 11 is 0. The minimum absolute atomic E-state index is 0.0883. The highest BCUT2D eigenvalue weighted by Gasteiger charge is 2.17. The molecule has 0 radical (unpaired) electrons. The van der Waals surface area contributed by atoms with Crippen LogP contribution in [0.5, 0.6) is 0 Å². The highest BCUT2D eigenvalue weighted by Crippen LogP contribution is 2.19. The second-order valence-corrected chi connectivity index (χ2v) is 5.93. The number of rotatable bonds is 5. The van der Waals surface area contributed by atoms with E-state index in [9.17, 15) is 4.79 Å². The number of carbonyl (C=O) groups excluding carboxylic acids is 1. The van der Waals surface area contributed by atoms with Crippen molar-refractivity contribution in [1.82, 2.24) is 29.8 Å². The summed E-state index contributed by atoms with van der Waals surface area (Å²) in [5, 5.41) is 8.22. The van der Waals surface area contributed by atoms with Gasteiger partial charge in [0.2, 0.25) is 0 Å². The molecule has 0 aliphatic heterocycles. The first-order valence-electron chi connectivity index (χ1n) is 8.07. The van der Waals surface area contributed by atoms with Gasteiger partial charge in [0.15, 0.2) is 11.6 Å². The van der Waals surface area contributed by atoms with Crippen molar-refractivity contribution < 1.29 is 9.32 Å². The zero-order valence-corrected chi connectivity index (χ0v) is 14.7. The lowest BCUT2D eigenvalue weighted by atomic mass is 10.2. The van der Waals surface area contributed by atoms with Crippen molar-refractivity contribution in [3.63, 3.8) is 0 Å². The Morgan fingerprint density at radius 3 is 2.72 bits per heavy atom. The molecule has 3 aromatic rings. The van der Waals surface area contributed by atoms with Crippen molar-refractivity contribution in [2.24, 2.45) is 0 Å². The van der Waals surface area contributed by atoms with Gasteiger partial charge in [-0.05, 0) is 25.5 Å². The summed E-state index contributed by atoms with van der Waals surface area (Å²) in [5.41, 5.74) is 2.03. The summed E-state index contributed by atoms with van der Waals surface area (Å²) in [5.74, 6) is 1.67. The molecular formula is C17H20N6O2. The van der Waals surface area contributed by atoms with E-state index in [4.69, 9.17) is 4.52 Å². The van der Waals surface area contributed by atoms with Crippen LogP contribution in [0.2, 0.25) is 0 Å². The minimum atomic E-state index is -0.0883. The third-order valence-corrected chi connectivity index (χ3v) is 3.80. The van der Waals surface area contributed by atoms with E-state index >= 15 is 0 Å². The predicted octanol–water partition coefficient (Wildman–Crippen LogP) is 2.28. The molecule has 0 bridgehead atoms. The standard InChI is InChI=1S/C17H20N6O2/c1-5-6-14-20-16(25-21-14)12-7-8-15(18-9-12)23-11(2)13(10-19-23)17(24)22(3)4/h7-10H,5-6H2,1-4H3. The van der Waals surface area contributed by atoms with Crippen molar-refractivity contribution in [2.45, 2.75) is 26.7 Å². The van der Waals surface area contributed by atoms with Gasteiger partial charge in [0.05, 0.1) is 23.0 Å². The van der Waals surface area contributed by atoms with Crippen LogP contribution in [0.15, 0.2) is 29.0 Å². The molecule has 3 rings (SSSR count). The van der Waals surface area contributed by atoms with Gasteiger partial charge < -0.3 is 9.42 Å². The van der Waals surface area contributed by atoms with Crippen molar-refractivity contribution in [3.05, 3.63) is 41.6 Å². The van der Waals surface area contributed by atoms with Crippen LogP contribution in [0.3, 0.4) is 0 Å². The van der Waals surface area contributed by atoms with E-state index < -0.39 is 0 Å². The van der Waals surface area contributed by atoms with Gasteiger partial charge in [0.1, 0.15) is 0 Å². The Kier molecular flexibility index (Phi) is 4.60. The number of pyridine rings is 1. The van der Waals surface area contributed by atoms with E-state index in [1.54, 1.807) is 31.2 Å². The first-order chi connectivity index (χ1) is 12.0. The molecule has 8 nitrogen and oxygen atoms in total. The molecule has 0 unspecified atom stereocenters. The van der Waals surface area contributed by atoms with Crippen LogP contribution in [0.4, 0.5) is 0 Å². The van der Waals surface area contributed by atoms with E-state index in [2.05, 4.69) is 27.1 Å². The smallest absolute Gasteiger partial charge is 0.259 e. The normalized spacial score (nSPS) is 10.9. The summed E-state index contributed by atoms with van der Waals surface area (Å²) in [6.07, 6.45) is 4.96. The van der Waals surface area contributed by atoms with E-state index in [1.165, 1.54) is 4.90 Å². The fraction of sp³-hybridized carbons (Fsp3) is 0.353. The van der Waals surface area contributed by atoms with E-state index in [0.717, 1.165) is 24.1 Å². The van der Waals surface area contributed by atoms with E-state index in [1.807, 2.05) is 19.1 Å². The molecule has 0 atom stereocenters. The fourth-order valence-electron chi connectivity index (χ4n) is 2.43. The molecule has 0 saturated carbocycles. The van der Waals surface area contributed by atoms with Gasteiger partial charge in [-0.3, -0.25) is 4.79 Å². The van der Waals surface area contributed by atoms with Gasteiger partial charge in [-0.1, -0.05) is 12.1 Å². The molecule has 0 aliphatic rings. The predicted molar refractivity (Wildman–Crippen MR) is 91.4 cm³/mol. The summed E-state index contributed by atoms with van der Waals surface area (Å²) in [6, 6.07) is 3.66. The third kappa shape index (κ3) is 3.28. The summed E-state index contributed by atoms with van der Waals surface area (Å²) in [6.45, 7) is 3.91. The van der Waals surface area contributed by atoms with Crippen molar-refractivity contribution in [2.75, 3.05) is 14.1 Å². The molecule has 0 saturated heterocycles. The Morgan fingerprint density at radius 1 is 1.28 bits per heavy atom. The lowest BCUT2D eigenvalue weighted by Gasteiger charge is -2.09. The van der Waals surface area contributed by atoms with Gasteiger partial charge in [-0.15, -0.1) is 0 Å². The Balaban J connectivity index is 1.86. The topological polar surface area (TPSA) is 89.9 Å². The molecule has 1 amide bonds. The highest BCUT2D eigenvalue weighted by molar-refractivity contribution is 5.94.